The number of hydrogen-bond donors (Lipinski definition) is 2. The monoisotopic (exact) mass is 242 g/mol. The first-order valence-electron chi connectivity index (χ1n) is 6.01. The minimum atomic E-state index is -0.415. The second-order valence-corrected chi connectivity index (χ2v) is 5.60. The minimum Gasteiger partial charge on any atom is -0.396 e. The fraction of sp³-hybridized carbons (Fsp3) is 0.833. The van der Waals surface area contributed by atoms with Crippen LogP contribution in [-0.4, -0.2) is 48.1 Å². The van der Waals surface area contributed by atoms with E-state index in [2.05, 4.69) is 5.32 Å². The van der Waals surface area contributed by atoms with Gasteiger partial charge < -0.3 is 15.3 Å². The Morgan fingerprint density at radius 2 is 1.94 bits per heavy atom. The summed E-state index contributed by atoms with van der Waals surface area (Å²) in [6.07, 6.45) is 0.333. The van der Waals surface area contributed by atoms with Crippen molar-refractivity contribution < 1.29 is 14.7 Å². The molecule has 0 spiro atoms. The van der Waals surface area contributed by atoms with Crippen molar-refractivity contribution in [3.05, 3.63) is 0 Å². The second-order valence-electron chi connectivity index (χ2n) is 5.60. The van der Waals surface area contributed by atoms with Crippen molar-refractivity contribution in [3.8, 4) is 0 Å². The SMILES string of the molecule is CC(C)(C)C(=O)NCCC(=O)N1CC(CO)C1. The number of amides is 2. The summed E-state index contributed by atoms with van der Waals surface area (Å²) in [6, 6.07) is 0. The molecule has 2 N–H and O–H groups in total. The van der Waals surface area contributed by atoms with E-state index in [0.717, 1.165) is 0 Å². The number of carbonyl (C=O) groups is 2. The van der Waals surface area contributed by atoms with Gasteiger partial charge in [0, 0.05) is 44.0 Å². The zero-order valence-electron chi connectivity index (χ0n) is 10.8. The van der Waals surface area contributed by atoms with Gasteiger partial charge in [-0.1, -0.05) is 20.8 Å². The van der Waals surface area contributed by atoms with Gasteiger partial charge in [-0.3, -0.25) is 9.59 Å². The summed E-state index contributed by atoms with van der Waals surface area (Å²) in [5.74, 6) is 0.245. The van der Waals surface area contributed by atoms with Crippen molar-refractivity contribution in [2.75, 3.05) is 26.2 Å². The van der Waals surface area contributed by atoms with Crippen LogP contribution >= 0.6 is 0 Å². The highest BCUT2D eigenvalue weighted by molar-refractivity contribution is 5.82. The van der Waals surface area contributed by atoms with E-state index in [1.807, 2.05) is 20.8 Å². The van der Waals surface area contributed by atoms with Crippen molar-refractivity contribution in [2.24, 2.45) is 11.3 Å². The molecule has 17 heavy (non-hydrogen) atoms. The first kappa shape index (κ1) is 14.0. The van der Waals surface area contributed by atoms with Crippen LogP contribution in [0.15, 0.2) is 0 Å². The van der Waals surface area contributed by atoms with E-state index in [1.165, 1.54) is 0 Å². The molecule has 0 unspecified atom stereocenters. The molecule has 1 aliphatic rings. The van der Waals surface area contributed by atoms with Crippen LogP contribution in [0, 0.1) is 11.3 Å². The third-order valence-corrected chi connectivity index (χ3v) is 2.87. The Morgan fingerprint density at radius 1 is 1.35 bits per heavy atom. The van der Waals surface area contributed by atoms with E-state index in [9.17, 15) is 9.59 Å². The van der Waals surface area contributed by atoms with Crippen molar-refractivity contribution in [1.82, 2.24) is 10.2 Å². The standard InChI is InChI=1S/C12H22N2O3/c1-12(2,3)11(17)13-5-4-10(16)14-6-9(7-14)8-15/h9,15H,4-8H2,1-3H3,(H,13,17). The number of carbonyl (C=O) groups excluding carboxylic acids is 2. The Balaban J connectivity index is 2.16. The molecule has 0 atom stereocenters. The van der Waals surface area contributed by atoms with E-state index < -0.39 is 5.41 Å². The van der Waals surface area contributed by atoms with Gasteiger partial charge in [0.05, 0.1) is 0 Å². The third-order valence-electron chi connectivity index (χ3n) is 2.87. The van der Waals surface area contributed by atoms with E-state index in [1.54, 1.807) is 4.90 Å². The Labute approximate surface area is 102 Å². The number of nitrogens with one attached hydrogen (secondary N) is 1. The molecule has 0 saturated carbocycles. The zero-order valence-corrected chi connectivity index (χ0v) is 10.8. The number of rotatable bonds is 4. The molecule has 0 aromatic heterocycles. The van der Waals surface area contributed by atoms with Crippen LogP contribution < -0.4 is 5.32 Å². The fourth-order valence-electron chi connectivity index (χ4n) is 1.60. The molecule has 1 aliphatic heterocycles. The Kier molecular flexibility index (Phi) is 4.51. The van der Waals surface area contributed by atoms with Crippen LogP contribution in [0.4, 0.5) is 0 Å². The summed E-state index contributed by atoms with van der Waals surface area (Å²) in [5, 5.41) is 11.6. The molecular weight excluding hydrogens is 220 g/mol. The molecule has 1 heterocycles. The molecule has 5 heteroatoms. The highest BCUT2D eigenvalue weighted by Crippen LogP contribution is 2.15. The first-order chi connectivity index (χ1) is 7.84. The van der Waals surface area contributed by atoms with Gasteiger partial charge in [-0.2, -0.15) is 0 Å². The number of aliphatic hydroxyl groups is 1. The van der Waals surface area contributed by atoms with Crippen LogP contribution in [0.2, 0.25) is 0 Å². The smallest absolute Gasteiger partial charge is 0.225 e. The number of likely N-dealkylation sites (tertiary alicyclic amines) is 1. The molecule has 1 rings (SSSR count). The normalized spacial score (nSPS) is 16.6. The van der Waals surface area contributed by atoms with E-state index in [-0.39, 0.29) is 24.3 Å². The van der Waals surface area contributed by atoms with Crippen molar-refractivity contribution in [1.29, 1.82) is 0 Å². The summed E-state index contributed by atoms with van der Waals surface area (Å²) in [5.41, 5.74) is -0.415. The molecule has 98 valence electrons. The average Bonchev–Trinajstić information content (AvgIpc) is 2.14. The maximum atomic E-state index is 11.6. The molecular formula is C12H22N2O3. The van der Waals surface area contributed by atoms with Gasteiger partial charge in [-0.15, -0.1) is 0 Å². The molecule has 5 nitrogen and oxygen atoms in total. The van der Waals surface area contributed by atoms with Crippen LogP contribution in [0.1, 0.15) is 27.2 Å². The van der Waals surface area contributed by atoms with Gasteiger partial charge in [0.2, 0.25) is 11.8 Å². The average molecular weight is 242 g/mol. The molecule has 0 aliphatic carbocycles. The quantitative estimate of drug-likeness (QED) is 0.728. The molecule has 0 bridgehead atoms. The topological polar surface area (TPSA) is 69.6 Å². The van der Waals surface area contributed by atoms with Crippen molar-refractivity contribution in [3.63, 3.8) is 0 Å². The van der Waals surface area contributed by atoms with E-state index in [0.29, 0.717) is 26.1 Å². The van der Waals surface area contributed by atoms with Gasteiger partial charge in [-0.25, -0.2) is 0 Å². The lowest BCUT2D eigenvalue weighted by atomic mass is 9.96. The zero-order chi connectivity index (χ0) is 13.1. The predicted octanol–water partition coefficient (Wildman–Crippen LogP) is -0.0105. The van der Waals surface area contributed by atoms with Crippen LogP contribution in [0.25, 0.3) is 0 Å². The minimum absolute atomic E-state index is 0.0397. The largest absolute Gasteiger partial charge is 0.396 e. The number of hydrogen-bond acceptors (Lipinski definition) is 3. The van der Waals surface area contributed by atoms with Gasteiger partial charge in [0.25, 0.3) is 0 Å². The van der Waals surface area contributed by atoms with Crippen molar-refractivity contribution >= 4 is 11.8 Å². The lowest BCUT2D eigenvalue weighted by Crippen LogP contribution is -2.52. The molecule has 1 saturated heterocycles. The lowest BCUT2D eigenvalue weighted by molar-refractivity contribution is -0.138. The van der Waals surface area contributed by atoms with Gasteiger partial charge >= 0.3 is 0 Å². The second kappa shape index (κ2) is 5.49. The molecule has 2 amide bonds. The maximum Gasteiger partial charge on any atom is 0.225 e. The Morgan fingerprint density at radius 3 is 2.41 bits per heavy atom. The Hall–Kier alpha value is -1.10. The summed E-state index contributed by atoms with van der Waals surface area (Å²) in [4.78, 5) is 24.9. The van der Waals surface area contributed by atoms with Gasteiger partial charge in [0.1, 0.15) is 0 Å². The first-order valence-corrected chi connectivity index (χ1v) is 6.01. The van der Waals surface area contributed by atoms with Crippen LogP contribution in [0.5, 0.6) is 0 Å². The molecule has 0 radical (unpaired) electrons. The van der Waals surface area contributed by atoms with Gasteiger partial charge in [-0.05, 0) is 0 Å². The molecule has 1 fully saturated rings. The highest BCUT2D eigenvalue weighted by Gasteiger charge is 2.29. The summed E-state index contributed by atoms with van der Waals surface area (Å²) in [7, 11) is 0. The lowest BCUT2D eigenvalue weighted by Gasteiger charge is -2.38. The number of aliphatic hydroxyl groups excluding tert-OH is 1. The summed E-state index contributed by atoms with van der Waals surface area (Å²) < 4.78 is 0. The molecule has 0 aromatic carbocycles. The Bertz CT molecular complexity index is 291. The maximum absolute atomic E-state index is 11.6. The highest BCUT2D eigenvalue weighted by atomic mass is 16.3. The summed E-state index contributed by atoms with van der Waals surface area (Å²) in [6.45, 7) is 7.33. The van der Waals surface area contributed by atoms with Gasteiger partial charge in [0.15, 0.2) is 0 Å². The number of nitrogens with zero attached hydrogens (tertiary/aromatic N) is 1. The summed E-state index contributed by atoms with van der Waals surface area (Å²) >= 11 is 0. The molecule has 0 aromatic rings. The van der Waals surface area contributed by atoms with Crippen LogP contribution in [0.3, 0.4) is 0 Å². The van der Waals surface area contributed by atoms with E-state index in [4.69, 9.17) is 5.11 Å². The van der Waals surface area contributed by atoms with E-state index >= 15 is 0 Å². The predicted molar refractivity (Wildman–Crippen MR) is 64.2 cm³/mol. The van der Waals surface area contributed by atoms with Crippen molar-refractivity contribution in [2.45, 2.75) is 27.2 Å². The van der Waals surface area contributed by atoms with Crippen LogP contribution in [-0.2, 0) is 9.59 Å². The third kappa shape index (κ3) is 4.00. The fourth-order valence-corrected chi connectivity index (χ4v) is 1.60.